The number of nitrogens with one attached hydrogen (secondary N) is 1. The number of aliphatic hydroxyl groups excluding tert-OH is 1. The molecule has 7 nitrogen and oxygen atoms in total. The third-order valence-electron chi connectivity index (χ3n) is 2.33. The molecule has 1 aliphatic heterocycles. The zero-order chi connectivity index (χ0) is 12.0. The van der Waals surface area contributed by atoms with Crippen molar-refractivity contribution in [2.75, 3.05) is 32.9 Å². The highest BCUT2D eigenvalue weighted by Gasteiger charge is 2.21. The number of rotatable bonds is 4. The maximum Gasteiger partial charge on any atom is 0.404 e. The van der Waals surface area contributed by atoms with Crippen molar-refractivity contribution in [2.45, 2.75) is 12.5 Å². The number of amides is 2. The van der Waals surface area contributed by atoms with Crippen molar-refractivity contribution in [3.63, 3.8) is 0 Å². The van der Waals surface area contributed by atoms with Gasteiger partial charge in [0.05, 0.1) is 25.9 Å². The minimum Gasteiger partial charge on any atom is -0.465 e. The van der Waals surface area contributed by atoms with Crippen LogP contribution in [0.1, 0.15) is 6.42 Å². The largest absolute Gasteiger partial charge is 0.465 e. The number of morpholine rings is 1. The first-order valence-electron chi connectivity index (χ1n) is 5.09. The zero-order valence-corrected chi connectivity index (χ0v) is 8.89. The molecule has 0 saturated carbocycles. The zero-order valence-electron chi connectivity index (χ0n) is 8.89. The topological polar surface area (TPSA) is 99.1 Å². The van der Waals surface area contributed by atoms with Crippen molar-refractivity contribution in [1.29, 1.82) is 0 Å². The second kappa shape index (κ2) is 6.29. The molecular weight excluding hydrogens is 216 g/mol. The Bertz CT molecular complexity index is 252. The van der Waals surface area contributed by atoms with E-state index in [0.717, 1.165) is 0 Å². The van der Waals surface area contributed by atoms with Crippen LogP contribution in [-0.2, 0) is 9.53 Å². The summed E-state index contributed by atoms with van der Waals surface area (Å²) in [5.41, 5.74) is 0. The number of aliphatic hydroxyl groups is 1. The number of carboxylic acid groups (broad SMARTS) is 1. The first kappa shape index (κ1) is 12.7. The lowest BCUT2D eigenvalue weighted by Crippen LogP contribution is -2.45. The van der Waals surface area contributed by atoms with Gasteiger partial charge in [0.15, 0.2) is 0 Å². The Labute approximate surface area is 93.0 Å². The van der Waals surface area contributed by atoms with Crippen LogP contribution in [0.5, 0.6) is 0 Å². The quantitative estimate of drug-likeness (QED) is 0.569. The van der Waals surface area contributed by atoms with Crippen LogP contribution in [-0.4, -0.2) is 66.1 Å². The Morgan fingerprint density at radius 3 is 2.50 bits per heavy atom. The van der Waals surface area contributed by atoms with E-state index in [-0.39, 0.29) is 18.9 Å². The van der Waals surface area contributed by atoms with E-state index in [4.69, 9.17) is 14.9 Å². The number of nitrogens with zero attached hydrogens (tertiary/aromatic N) is 1. The third kappa shape index (κ3) is 4.03. The number of hydrogen-bond donors (Lipinski definition) is 3. The summed E-state index contributed by atoms with van der Waals surface area (Å²) in [5, 5.41) is 19.5. The summed E-state index contributed by atoms with van der Waals surface area (Å²) in [5.74, 6) is -0.170. The number of hydrogen-bond acceptors (Lipinski definition) is 4. The van der Waals surface area contributed by atoms with Gasteiger partial charge in [-0.25, -0.2) is 4.79 Å². The summed E-state index contributed by atoms with van der Waals surface area (Å²) in [6, 6.07) is -0.743. The first-order valence-corrected chi connectivity index (χ1v) is 5.09. The van der Waals surface area contributed by atoms with E-state index in [1.165, 1.54) is 0 Å². The lowest BCUT2D eigenvalue weighted by molar-refractivity contribution is -0.136. The van der Waals surface area contributed by atoms with Crippen molar-refractivity contribution in [3.8, 4) is 0 Å². The molecule has 1 aliphatic rings. The summed E-state index contributed by atoms with van der Waals surface area (Å²) in [4.78, 5) is 23.6. The minimum atomic E-state index is -1.24. The van der Waals surface area contributed by atoms with Gasteiger partial charge < -0.3 is 25.2 Å². The summed E-state index contributed by atoms with van der Waals surface area (Å²) in [6.07, 6.45) is -1.27. The molecule has 0 unspecified atom stereocenters. The van der Waals surface area contributed by atoms with Crippen LogP contribution in [0.25, 0.3) is 0 Å². The fraction of sp³-hybridized carbons (Fsp3) is 0.778. The Kier molecular flexibility index (Phi) is 5.00. The van der Waals surface area contributed by atoms with E-state index >= 15 is 0 Å². The Morgan fingerprint density at radius 1 is 1.38 bits per heavy atom. The molecule has 1 heterocycles. The first-order chi connectivity index (χ1) is 7.63. The molecule has 7 heteroatoms. The molecule has 16 heavy (non-hydrogen) atoms. The van der Waals surface area contributed by atoms with Gasteiger partial charge >= 0.3 is 6.09 Å². The lowest BCUT2D eigenvalue weighted by Gasteiger charge is -2.28. The van der Waals surface area contributed by atoms with Crippen molar-refractivity contribution in [2.24, 2.45) is 0 Å². The smallest absolute Gasteiger partial charge is 0.404 e. The number of carbonyl (C=O) groups is 2. The highest BCUT2D eigenvalue weighted by Crippen LogP contribution is 2.02. The van der Waals surface area contributed by atoms with Crippen molar-refractivity contribution < 1.29 is 24.5 Å². The molecule has 3 N–H and O–H groups in total. The van der Waals surface area contributed by atoms with Crippen LogP contribution in [0.4, 0.5) is 4.79 Å². The van der Waals surface area contributed by atoms with Gasteiger partial charge in [-0.05, 0) is 0 Å². The van der Waals surface area contributed by atoms with Gasteiger partial charge in [-0.2, -0.15) is 0 Å². The van der Waals surface area contributed by atoms with Crippen LogP contribution in [0.2, 0.25) is 0 Å². The third-order valence-corrected chi connectivity index (χ3v) is 2.33. The van der Waals surface area contributed by atoms with Gasteiger partial charge in [0.1, 0.15) is 0 Å². The molecule has 1 rings (SSSR count). The van der Waals surface area contributed by atoms with Gasteiger partial charge in [-0.3, -0.25) is 4.79 Å². The van der Waals surface area contributed by atoms with Gasteiger partial charge in [0.2, 0.25) is 5.91 Å². The fourth-order valence-electron chi connectivity index (χ4n) is 1.49. The number of ether oxygens (including phenoxy) is 1. The average Bonchev–Trinajstić information content (AvgIpc) is 2.28. The van der Waals surface area contributed by atoms with E-state index in [1.54, 1.807) is 4.90 Å². The summed E-state index contributed by atoms with van der Waals surface area (Å²) in [6.45, 7) is 1.65. The predicted octanol–water partition coefficient (Wildman–Crippen LogP) is -1.14. The highest BCUT2D eigenvalue weighted by atomic mass is 16.5. The van der Waals surface area contributed by atoms with Gasteiger partial charge in [-0.15, -0.1) is 0 Å². The molecule has 0 radical (unpaired) electrons. The maximum absolute atomic E-state index is 11.7. The van der Waals surface area contributed by atoms with Gasteiger partial charge in [0.25, 0.3) is 0 Å². The molecular formula is C9H16N2O5. The molecule has 2 amide bonds. The highest BCUT2D eigenvalue weighted by molar-refractivity contribution is 5.77. The molecule has 1 fully saturated rings. The molecule has 1 saturated heterocycles. The van der Waals surface area contributed by atoms with Crippen LogP contribution >= 0.6 is 0 Å². The number of carbonyl (C=O) groups excluding carboxylic acids is 1. The minimum absolute atomic E-state index is 0.0250. The SMILES string of the molecule is O=C(O)N[C@H](CO)CC(=O)N1CCOCC1. The maximum atomic E-state index is 11.7. The van der Waals surface area contributed by atoms with E-state index < -0.39 is 12.1 Å². The van der Waals surface area contributed by atoms with Crippen LogP contribution in [0.15, 0.2) is 0 Å². The van der Waals surface area contributed by atoms with Crippen LogP contribution < -0.4 is 5.32 Å². The van der Waals surface area contributed by atoms with E-state index in [9.17, 15) is 9.59 Å². The molecule has 0 aromatic heterocycles. The summed E-state index contributed by atoms with van der Waals surface area (Å²) in [7, 11) is 0. The predicted molar refractivity (Wildman–Crippen MR) is 54.1 cm³/mol. The summed E-state index contributed by atoms with van der Waals surface area (Å²) >= 11 is 0. The standard InChI is InChI=1S/C9H16N2O5/c12-6-7(10-9(14)15)5-8(13)11-1-3-16-4-2-11/h7,10,12H,1-6H2,(H,14,15)/t7-/m0/s1. The van der Waals surface area contributed by atoms with Gasteiger partial charge in [-0.1, -0.05) is 0 Å². The molecule has 0 aromatic carbocycles. The summed E-state index contributed by atoms with van der Waals surface area (Å²) < 4.78 is 5.09. The Morgan fingerprint density at radius 2 is 2.00 bits per heavy atom. The fourth-order valence-corrected chi connectivity index (χ4v) is 1.49. The molecule has 0 spiro atoms. The van der Waals surface area contributed by atoms with E-state index in [1.807, 2.05) is 0 Å². The normalized spacial score (nSPS) is 17.9. The molecule has 92 valence electrons. The van der Waals surface area contributed by atoms with Gasteiger partial charge in [0, 0.05) is 19.5 Å². The monoisotopic (exact) mass is 232 g/mol. The second-order valence-electron chi connectivity index (χ2n) is 3.53. The van der Waals surface area contributed by atoms with Crippen molar-refractivity contribution in [1.82, 2.24) is 10.2 Å². The van der Waals surface area contributed by atoms with Crippen molar-refractivity contribution in [3.05, 3.63) is 0 Å². The van der Waals surface area contributed by atoms with E-state index in [0.29, 0.717) is 26.3 Å². The second-order valence-corrected chi connectivity index (χ2v) is 3.53. The molecule has 1 atom stereocenters. The van der Waals surface area contributed by atoms with Crippen LogP contribution in [0, 0.1) is 0 Å². The van der Waals surface area contributed by atoms with Crippen molar-refractivity contribution >= 4 is 12.0 Å². The average molecular weight is 232 g/mol. The van der Waals surface area contributed by atoms with Crippen LogP contribution in [0.3, 0.4) is 0 Å². The molecule has 0 aromatic rings. The van der Waals surface area contributed by atoms with E-state index in [2.05, 4.69) is 5.32 Å². The lowest BCUT2D eigenvalue weighted by atomic mass is 10.2. The molecule has 0 aliphatic carbocycles. The Balaban J connectivity index is 2.38. The Hall–Kier alpha value is -1.34. The molecule has 0 bridgehead atoms.